The number of carbonyl (C=O) groups is 4. The zero-order valence-electron chi connectivity index (χ0n) is 27.5. The highest BCUT2D eigenvalue weighted by atomic mass is 16.6. The summed E-state index contributed by atoms with van der Waals surface area (Å²) in [6.45, 7) is 8.38. The summed E-state index contributed by atoms with van der Waals surface area (Å²) >= 11 is 0. The zero-order valence-corrected chi connectivity index (χ0v) is 27.5. The number of nitrogens with one attached hydrogen (secondary N) is 1. The number of phenols is 2. The number of carbonyl (C=O) groups excluding carboxylic acids is 4. The molecule has 0 aromatic heterocycles. The van der Waals surface area contributed by atoms with Crippen molar-refractivity contribution in [3.05, 3.63) is 69.5 Å². The van der Waals surface area contributed by atoms with Crippen LogP contribution in [0.1, 0.15) is 71.3 Å². The van der Waals surface area contributed by atoms with E-state index in [1.807, 2.05) is 0 Å². The van der Waals surface area contributed by atoms with Gasteiger partial charge in [-0.2, -0.15) is 0 Å². The van der Waals surface area contributed by atoms with E-state index in [2.05, 4.69) is 5.32 Å². The maximum Gasteiger partial charge on any atom is 0.254 e. The molecule has 1 amide bonds. The van der Waals surface area contributed by atoms with Crippen LogP contribution < -0.4 is 5.32 Å². The van der Waals surface area contributed by atoms with Crippen molar-refractivity contribution in [2.75, 3.05) is 6.61 Å². The number of Topliss-reactive ketones (excluding diaryl/α,β-unsaturated/α-hetero) is 2. The number of fused-ring (bicyclic) bond motifs is 1. The second-order valence-electron chi connectivity index (χ2n) is 13.0. The summed E-state index contributed by atoms with van der Waals surface area (Å²) in [6, 6.07) is 0. The van der Waals surface area contributed by atoms with Gasteiger partial charge in [0.05, 0.1) is 59.3 Å². The predicted octanol–water partition coefficient (Wildman–Crippen LogP) is 1.36. The average molecular weight is 670 g/mol. The maximum atomic E-state index is 13.8. The molecular weight excluding hydrogens is 626 g/mol. The Balaban J connectivity index is 1.89. The summed E-state index contributed by atoms with van der Waals surface area (Å²) in [7, 11) is 0. The lowest BCUT2D eigenvalue weighted by Gasteiger charge is -2.45. The second kappa shape index (κ2) is 14.2. The molecule has 48 heavy (non-hydrogen) atoms. The first-order chi connectivity index (χ1) is 22.4. The van der Waals surface area contributed by atoms with Crippen molar-refractivity contribution >= 4 is 23.3 Å². The van der Waals surface area contributed by atoms with Crippen LogP contribution in [0.5, 0.6) is 11.5 Å². The summed E-state index contributed by atoms with van der Waals surface area (Å²) in [5.41, 5.74) is -3.03. The number of amides is 1. The van der Waals surface area contributed by atoms with E-state index in [-0.39, 0.29) is 16.7 Å². The van der Waals surface area contributed by atoms with Gasteiger partial charge in [0.1, 0.15) is 11.5 Å². The number of aliphatic hydroxyl groups is 5. The number of rotatable bonds is 1. The van der Waals surface area contributed by atoms with E-state index in [1.54, 1.807) is 33.8 Å². The largest absolute Gasteiger partial charge is 0.507 e. The van der Waals surface area contributed by atoms with Crippen LogP contribution in [0.2, 0.25) is 0 Å². The van der Waals surface area contributed by atoms with Gasteiger partial charge in [0.15, 0.2) is 17.9 Å². The zero-order chi connectivity index (χ0) is 35.9. The van der Waals surface area contributed by atoms with E-state index in [1.165, 1.54) is 32.1 Å². The van der Waals surface area contributed by atoms with Gasteiger partial charge in [0.25, 0.3) is 5.91 Å². The number of ketones is 3. The van der Waals surface area contributed by atoms with E-state index in [0.717, 1.165) is 6.08 Å². The molecule has 0 saturated carbocycles. The molecule has 4 heterocycles. The predicted molar refractivity (Wildman–Crippen MR) is 171 cm³/mol. The normalized spacial score (nSPS) is 33.7. The number of aromatic hydroxyl groups is 2. The third-order valence-electron chi connectivity index (χ3n) is 9.88. The fraction of sp³-hybridized carbons (Fsp3) is 0.486. The number of allylic oxidation sites excluding steroid dienone is 5. The van der Waals surface area contributed by atoms with Crippen molar-refractivity contribution in [2.45, 2.75) is 72.2 Å². The third-order valence-corrected chi connectivity index (χ3v) is 9.88. The van der Waals surface area contributed by atoms with Crippen molar-refractivity contribution < 1.29 is 59.7 Å². The average Bonchev–Trinajstić information content (AvgIpc) is 3.05. The van der Waals surface area contributed by atoms with Gasteiger partial charge in [-0.15, -0.1) is 0 Å². The third kappa shape index (κ3) is 6.53. The van der Waals surface area contributed by atoms with Crippen molar-refractivity contribution in [2.24, 2.45) is 29.6 Å². The number of aliphatic hydroxyl groups excluding tert-OH is 5. The standard InChI is InChI=1S/C35H43NO12/c1-13-8-7-9-19(12-37)34(46)36-21-11-22(38)23-24(30(43)16(4)31(44)25(23)32(21)45)27(40)14(2)10-20-29(42)18(6)33(48-35(20)47)17(5)28(41)15(3)26(13)39/h7-11,13,15,17-18,20,26,28-29,33,35,37,39,41-44,47H,12H2,1-6H3,(H,36,46). The molecule has 0 spiro atoms. The SMILES string of the molecule is CC1=CC2C(O)OC(C(C)C(O)C(C)C(O)C(C)C=CC=C(CO)C(=O)NC3=CC(=O)c4c(c(O)c(C)c(O)c4C3=O)C1=O)C(C)C2O. The molecule has 10 unspecified atom stereocenters. The molecule has 260 valence electrons. The summed E-state index contributed by atoms with van der Waals surface area (Å²) < 4.78 is 5.88. The molecule has 1 saturated heterocycles. The monoisotopic (exact) mass is 669 g/mol. The highest BCUT2D eigenvalue weighted by molar-refractivity contribution is 6.31. The second-order valence-corrected chi connectivity index (χ2v) is 13.0. The Labute approximate surface area is 277 Å². The van der Waals surface area contributed by atoms with Crippen LogP contribution in [-0.4, -0.2) is 96.3 Å². The lowest BCUT2D eigenvalue weighted by molar-refractivity contribution is -0.254. The summed E-state index contributed by atoms with van der Waals surface area (Å²) in [5.74, 6) is -9.29. The van der Waals surface area contributed by atoms with Gasteiger partial charge < -0.3 is 45.8 Å². The van der Waals surface area contributed by atoms with Crippen LogP contribution in [0.4, 0.5) is 0 Å². The Morgan fingerprint density at radius 1 is 0.792 bits per heavy atom. The van der Waals surface area contributed by atoms with Gasteiger partial charge in [-0.3, -0.25) is 19.2 Å². The molecule has 6 rings (SSSR count). The Hall–Kier alpha value is -3.98. The highest BCUT2D eigenvalue weighted by Crippen LogP contribution is 2.42. The van der Waals surface area contributed by atoms with Gasteiger partial charge in [0, 0.05) is 40.9 Å². The van der Waals surface area contributed by atoms with Gasteiger partial charge >= 0.3 is 0 Å². The van der Waals surface area contributed by atoms with Crippen LogP contribution in [-0.2, 0) is 9.53 Å². The highest BCUT2D eigenvalue weighted by Gasteiger charge is 2.46. The fourth-order valence-electron chi connectivity index (χ4n) is 6.69. The fourth-order valence-corrected chi connectivity index (χ4v) is 6.69. The first kappa shape index (κ1) is 36.8. The van der Waals surface area contributed by atoms with Crippen LogP contribution in [0.3, 0.4) is 0 Å². The van der Waals surface area contributed by atoms with Gasteiger partial charge in [0.2, 0.25) is 5.78 Å². The van der Waals surface area contributed by atoms with Crippen LogP contribution in [0.25, 0.3) is 0 Å². The molecule has 1 fully saturated rings. The van der Waals surface area contributed by atoms with Gasteiger partial charge in [-0.1, -0.05) is 52.0 Å². The lowest BCUT2D eigenvalue weighted by atomic mass is 9.75. The van der Waals surface area contributed by atoms with E-state index < -0.39 is 124 Å². The molecule has 5 aliphatic rings. The lowest BCUT2D eigenvalue weighted by Crippen LogP contribution is -2.54. The maximum absolute atomic E-state index is 13.8. The van der Waals surface area contributed by atoms with E-state index in [9.17, 15) is 54.9 Å². The minimum Gasteiger partial charge on any atom is -0.507 e. The summed E-state index contributed by atoms with van der Waals surface area (Å²) in [5, 5.41) is 78.5. The Morgan fingerprint density at radius 2 is 1.38 bits per heavy atom. The number of benzene rings is 1. The molecule has 1 aliphatic carbocycles. The van der Waals surface area contributed by atoms with Crippen molar-refractivity contribution in [3.8, 4) is 11.5 Å². The number of phenolic OH excluding ortho intramolecular Hbond substituents is 2. The smallest absolute Gasteiger partial charge is 0.254 e. The number of hydrogen-bond donors (Lipinski definition) is 8. The quantitative estimate of drug-likeness (QED) is 0.212. The Bertz CT molecular complexity index is 1640. The topological polar surface area (TPSA) is 231 Å². The van der Waals surface area contributed by atoms with Crippen LogP contribution >= 0.6 is 0 Å². The van der Waals surface area contributed by atoms with E-state index in [4.69, 9.17) is 4.74 Å². The Morgan fingerprint density at radius 3 is 1.98 bits per heavy atom. The molecule has 8 N–H and O–H groups in total. The van der Waals surface area contributed by atoms with Crippen molar-refractivity contribution in [1.82, 2.24) is 5.32 Å². The van der Waals surface area contributed by atoms with E-state index in [0.29, 0.717) is 0 Å². The van der Waals surface area contributed by atoms with E-state index >= 15 is 0 Å². The molecule has 1 aromatic rings. The van der Waals surface area contributed by atoms with Crippen LogP contribution in [0.15, 0.2) is 47.2 Å². The minimum atomic E-state index is -1.64. The van der Waals surface area contributed by atoms with Gasteiger partial charge in [-0.25, -0.2) is 0 Å². The summed E-state index contributed by atoms with van der Waals surface area (Å²) in [6.07, 6.45) is 0.114. The molecule has 6 bridgehead atoms. The molecule has 10 atom stereocenters. The molecule has 0 radical (unpaired) electrons. The Kier molecular flexibility index (Phi) is 10.9. The van der Waals surface area contributed by atoms with Crippen molar-refractivity contribution in [1.29, 1.82) is 0 Å². The molecule has 4 aliphatic heterocycles. The minimum absolute atomic E-state index is 0.138. The van der Waals surface area contributed by atoms with Gasteiger partial charge in [-0.05, 0) is 19.4 Å². The molecule has 1 aromatic carbocycles. The number of ether oxygens (including phenoxy) is 1. The van der Waals surface area contributed by atoms with Crippen LogP contribution in [0, 0.1) is 36.5 Å². The first-order valence-corrected chi connectivity index (χ1v) is 15.7. The summed E-state index contributed by atoms with van der Waals surface area (Å²) in [4.78, 5) is 53.9. The molecular formula is C35H43NO12. The molecule has 13 heteroatoms. The van der Waals surface area contributed by atoms with Crippen molar-refractivity contribution in [3.63, 3.8) is 0 Å². The first-order valence-electron chi connectivity index (χ1n) is 15.7. The molecule has 13 nitrogen and oxygen atoms in total. The number of hydrogen-bond acceptors (Lipinski definition) is 12.